The molecular weight excluding hydrogens is 414 g/mol. The molecule has 2 amide bonds. The molecule has 0 fully saturated rings. The molecule has 0 aliphatic carbocycles. The highest BCUT2D eigenvalue weighted by atomic mass is 32.2. The van der Waals surface area contributed by atoms with E-state index in [0.717, 1.165) is 0 Å². The number of amides is 2. The first kappa shape index (κ1) is 22.7. The second-order valence-corrected chi connectivity index (χ2v) is 8.71. The van der Waals surface area contributed by atoms with Crippen LogP contribution in [0.1, 0.15) is 16.8 Å². The Morgan fingerprint density at radius 1 is 1.14 bits per heavy atom. The lowest BCUT2D eigenvalue weighted by atomic mass is 10.2. The maximum absolute atomic E-state index is 12.8. The van der Waals surface area contributed by atoms with Crippen LogP contribution in [0.25, 0.3) is 0 Å². The largest absolute Gasteiger partial charge is 0.495 e. The minimum absolute atomic E-state index is 0.0461. The van der Waals surface area contributed by atoms with Crippen LogP contribution in [0, 0.1) is 0 Å². The molecule has 2 aromatic rings. The highest BCUT2D eigenvalue weighted by molar-refractivity contribution is 7.98. The molecule has 10 heteroatoms. The van der Waals surface area contributed by atoms with Crippen LogP contribution >= 0.6 is 11.8 Å². The van der Waals surface area contributed by atoms with Crippen LogP contribution in [0.2, 0.25) is 0 Å². The molecule has 0 spiro atoms. The number of thioether (sulfide) groups is 1. The van der Waals surface area contributed by atoms with Gasteiger partial charge in [0.2, 0.25) is 21.8 Å². The standard InChI is InChI=1S/C19H23N3O5S2/c1-27-16-5-3-4-6-17(16)29(25,26)22-15(11-12-28-2)19(24)21-14-9-7-13(8-10-14)18(20)23/h3-10,15,22H,11-12H2,1-2H3,(H2,20,23)(H,21,24)/t15-/m0/s1. The SMILES string of the molecule is COc1ccccc1S(=O)(=O)N[C@@H](CCSC)C(=O)Nc1ccc(C(N)=O)cc1. The molecule has 0 heterocycles. The number of hydrogen-bond acceptors (Lipinski definition) is 6. The number of methoxy groups -OCH3 is 1. The van der Waals surface area contributed by atoms with Crippen LogP contribution in [-0.2, 0) is 14.8 Å². The molecule has 0 aliphatic rings. The monoisotopic (exact) mass is 437 g/mol. The summed E-state index contributed by atoms with van der Waals surface area (Å²) in [6, 6.07) is 11.2. The minimum Gasteiger partial charge on any atom is -0.495 e. The number of para-hydroxylation sites is 1. The number of primary amides is 1. The van der Waals surface area contributed by atoms with Crippen molar-refractivity contribution >= 4 is 39.3 Å². The normalized spacial score (nSPS) is 12.2. The molecule has 0 saturated heterocycles. The molecule has 8 nitrogen and oxygen atoms in total. The Balaban J connectivity index is 2.21. The van der Waals surface area contributed by atoms with Crippen LogP contribution in [-0.4, -0.2) is 45.4 Å². The summed E-state index contributed by atoms with van der Waals surface area (Å²) >= 11 is 1.50. The fraction of sp³-hybridized carbons (Fsp3) is 0.263. The van der Waals surface area contributed by atoms with Gasteiger partial charge >= 0.3 is 0 Å². The van der Waals surface area contributed by atoms with Gasteiger partial charge in [-0.05, 0) is 54.8 Å². The average Bonchev–Trinajstić information content (AvgIpc) is 2.71. The van der Waals surface area contributed by atoms with E-state index in [-0.39, 0.29) is 10.6 Å². The molecule has 1 atom stereocenters. The molecule has 0 radical (unpaired) electrons. The van der Waals surface area contributed by atoms with Gasteiger partial charge in [-0.25, -0.2) is 8.42 Å². The fourth-order valence-corrected chi connectivity index (χ4v) is 4.39. The minimum atomic E-state index is -3.99. The molecule has 29 heavy (non-hydrogen) atoms. The third-order valence-corrected chi connectivity index (χ3v) is 6.18. The molecule has 156 valence electrons. The topological polar surface area (TPSA) is 128 Å². The first-order valence-corrected chi connectivity index (χ1v) is 11.5. The van der Waals surface area contributed by atoms with Crippen molar-refractivity contribution in [3.63, 3.8) is 0 Å². The summed E-state index contributed by atoms with van der Waals surface area (Å²) in [5.41, 5.74) is 5.93. The number of nitrogens with two attached hydrogens (primary N) is 1. The lowest BCUT2D eigenvalue weighted by Gasteiger charge is -2.19. The molecular formula is C19H23N3O5S2. The molecule has 0 aromatic heterocycles. The zero-order chi connectivity index (χ0) is 21.4. The summed E-state index contributed by atoms with van der Waals surface area (Å²) in [5.74, 6) is -0.326. The third kappa shape index (κ3) is 6.21. The Hall–Kier alpha value is -2.56. The number of sulfonamides is 1. The van der Waals surface area contributed by atoms with Crippen LogP contribution < -0.4 is 20.5 Å². The Morgan fingerprint density at radius 3 is 2.38 bits per heavy atom. The second-order valence-electron chi connectivity index (χ2n) is 6.04. The first-order chi connectivity index (χ1) is 13.8. The van der Waals surface area contributed by atoms with E-state index in [1.165, 1.54) is 55.3 Å². The molecule has 2 rings (SSSR count). The number of carbonyl (C=O) groups is 2. The lowest BCUT2D eigenvalue weighted by molar-refractivity contribution is -0.117. The summed E-state index contributed by atoms with van der Waals surface area (Å²) in [6.45, 7) is 0. The first-order valence-electron chi connectivity index (χ1n) is 8.63. The highest BCUT2D eigenvalue weighted by Gasteiger charge is 2.27. The highest BCUT2D eigenvalue weighted by Crippen LogP contribution is 2.23. The van der Waals surface area contributed by atoms with Crippen molar-refractivity contribution in [2.24, 2.45) is 5.73 Å². The number of nitrogens with one attached hydrogen (secondary N) is 2. The van der Waals surface area contributed by atoms with E-state index in [9.17, 15) is 18.0 Å². The summed E-state index contributed by atoms with van der Waals surface area (Å²) in [6.07, 6.45) is 2.16. The van der Waals surface area contributed by atoms with Crippen molar-refractivity contribution in [2.45, 2.75) is 17.4 Å². The van der Waals surface area contributed by atoms with Crippen molar-refractivity contribution in [3.05, 3.63) is 54.1 Å². The molecule has 0 saturated carbocycles. The lowest BCUT2D eigenvalue weighted by Crippen LogP contribution is -2.44. The van der Waals surface area contributed by atoms with Crippen molar-refractivity contribution < 1.29 is 22.7 Å². The number of benzene rings is 2. The van der Waals surface area contributed by atoms with Gasteiger partial charge in [0, 0.05) is 11.3 Å². The molecule has 2 aromatic carbocycles. The van der Waals surface area contributed by atoms with Crippen molar-refractivity contribution in [1.82, 2.24) is 4.72 Å². The summed E-state index contributed by atoms with van der Waals surface area (Å²) < 4.78 is 33.2. The van der Waals surface area contributed by atoms with Crippen molar-refractivity contribution in [3.8, 4) is 5.75 Å². The fourth-order valence-electron chi connectivity index (χ4n) is 2.52. The number of anilines is 1. The van der Waals surface area contributed by atoms with Crippen molar-refractivity contribution in [1.29, 1.82) is 0 Å². The summed E-state index contributed by atoms with van der Waals surface area (Å²) in [5, 5.41) is 2.66. The van der Waals surface area contributed by atoms with Gasteiger partial charge in [-0.1, -0.05) is 12.1 Å². The van der Waals surface area contributed by atoms with Gasteiger partial charge in [-0.3, -0.25) is 9.59 Å². The van der Waals surface area contributed by atoms with Crippen LogP contribution in [0.15, 0.2) is 53.4 Å². The van der Waals surface area contributed by atoms with Crippen LogP contribution in [0.4, 0.5) is 5.69 Å². The van der Waals surface area contributed by atoms with Gasteiger partial charge in [-0.2, -0.15) is 16.5 Å². The quantitative estimate of drug-likeness (QED) is 0.520. The van der Waals surface area contributed by atoms with Gasteiger partial charge in [0.1, 0.15) is 16.7 Å². The maximum Gasteiger partial charge on any atom is 0.248 e. The Labute approximate surface area is 174 Å². The summed E-state index contributed by atoms with van der Waals surface area (Å²) in [7, 11) is -2.62. The zero-order valence-corrected chi connectivity index (χ0v) is 17.7. The maximum atomic E-state index is 12.8. The van der Waals surface area contributed by atoms with E-state index in [1.807, 2.05) is 6.26 Å². The van der Waals surface area contributed by atoms with E-state index < -0.39 is 27.9 Å². The van der Waals surface area contributed by atoms with E-state index in [2.05, 4.69) is 10.0 Å². The van der Waals surface area contributed by atoms with E-state index in [4.69, 9.17) is 10.5 Å². The predicted octanol–water partition coefficient (Wildman–Crippen LogP) is 1.83. The van der Waals surface area contributed by atoms with Gasteiger partial charge in [0.25, 0.3) is 0 Å². The predicted molar refractivity (Wildman–Crippen MR) is 114 cm³/mol. The van der Waals surface area contributed by atoms with Gasteiger partial charge in [0.15, 0.2) is 0 Å². The van der Waals surface area contributed by atoms with E-state index in [1.54, 1.807) is 12.1 Å². The Bertz CT molecular complexity index is 962. The number of carbonyl (C=O) groups excluding carboxylic acids is 2. The number of ether oxygens (including phenoxy) is 1. The average molecular weight is 438 g/mol. The van der Waals surface area contributed by atoms with Crippen LogP contribution in [0.3, 0.4) is 0 Å². The van der Waals surface area contributed by atoms with Gasteiger partial charge in [0.05, 0.1) is 7.11 Å². The second kappa shape index (κ2) is 10.3. The molecule has 0 aliphatic heterocycles. The third-order valence-electron chi connectivity index (χ3n) is 4.02. The molecule has 0 bridgehead atoms. The van der Waals surface area contributed by atoms with Crippen LogP contribution in [0.5, 0.6) is 5.75 Å². The zero-order valence-electron chi connectivity index (χ0n) is 16.0. The Morgan fingerprint density at radius 2 is 1.79 bits per heavy atom. The number of hydrogen-bond donors (Lipinski definition) is 3. The molecule has 0 unspecified atom stereocenters. The van der Waals surface area contributed by atoms with E-state index in [0.29, 0.717) is 23.4 Å². The Kier molecular flexibility index (Phi) is 8.06. The summed E-state index contributed by atoms with van der Waals surface area (Å²) in [4.78, 5) is 23.8. The smallest absolute Gasteiger partial charge is 0.248 e. The number of rotatable bonds is 10. The van der Waals surface area contributed by atoms with Crippen molar-refractivity contribution in [2.75, 3.05) is 24.4 Å². The van der Waals surface area contributed by atoms with E-state index >= 15 is 0 Å². The van der Waals surface area contributed by atoms with Gasteiger partial charge in [-0.15, -0.1) is 0 Å². The molecule has 4 N–H and O–H groups in total. The van der Waals surface area contributed by atoms with Gasteiger partial charge < -0.3 is 15.8 Å².